The van der Waals surface area contributed by atoms with Gasteiger partial charge in [-0.05, 0) is 80.9 Å². The van der Waals surface area contributed by atoms with E-state index in [0.717, 1.165) is 0 Å². The third-order valence-electron chi connectivity index (χ3n) is 9.93. The number of guanidine groups is 2. The van der Waals surface area contributed by atoms with Gasteiger partial charge in [0.1, 0.15) is 36.0 Å². The molecule has 0 saturated carbocycles. The van der Waals surface area contributed by atoms with Crippen molar-refractivity contribution in [2.24, 2.45) is 50.5 Å². The number of aliphatic imine (C=N–C) groups is 2. The molecular weight excluding hydrogens is 765 g/mol. The van der Waals surface area contributed by atoms with E-state index < -0.39 is 77.7 Å². The van der Waals surface area contributed by atoms with Gasteiger partial charge in [0.2, 0.25) is 29.5 Å². The number of amides is 5. The second-order valence-corrected chi connectivity index (χ2v) is 15.5. The monoisotopic (exact) mass is 831 g/mol. The van der Waals surface area contributed by atoms with Crippen molar-refractivity contribution in [1.29, 1.82) is 0 Å². The lowest BCUT2D eigenvalue weighted by molar-refractivity contribution is -0.143. The Morgan fingerprint density at radius 2 is 1.39 bits per heavy atom. The topological polar surface area (TPSA) is 349 Å². The van der Waals surface area contributed by atoms with Crippen LogP contribution in [0.15, 0.2) is 34.3 Å². The summed E-state index contributed by atoms with van der Waals surface area (Å²) in [7, 11) is 0. The molecule has 16 N–H and O–H groups in total. The number of aromatic hydroxyl groups is 1. The maximum absolute atomic E-state index is 14.2. The molecular formula is C39H66N12O8. The fourth-order valence-electron chi connectivity index (χ4n) is 6.83. The summed E-state index contributed by atoms with van der Waals surface area (Å²) in [4.78, 5) is 90.5. The summed E-state index contributed by atoms with van der Waals surface area (Å²) in [6.45, 7) is 7.98. The average molecular weight is 831 g/mol. The number of nitrogens with zero attached hydrogens (tertiary/aromatic N) is 3. The molecule has 1 saturated heterocycles. The summed E-state index contributed by atoms with van der Waals surface area (Å²) >= 11 is 0. The van der Waals surface area contributed by atoms with Gasteiger partial charge in [-0.1, -0.05) is 46.2 Å². The van der Waals surface area contributed by atoms with Gasteiger partial charge >= 0.3 is 5.97 Å². The number of hydrogen-bond acceptors (Lipinski definition) is 10. The molecule has 1 aliphatic heterocycles. The van der Waals surface area contributed by atoms with Crippen molar-refractivity contribution in [2.45, 2.75) is 128 Å². The highest BCUT2D eigenvalue weighted by atomic mass is 16.4. The summed E-state index contributed by atoms with van der Waals surface area (Å²) in [6.07, 6.45) is 3.11. The molecule has 0 radical (unpaired) electrons. The van der Waals surface area contributed by atoms with Crippen LogP contribution in [-0.4, -0.2) is 118 Å². The Morgan fingerprint density at radius 3 is 1.95 bits per heavy atom. The lowest BCUT2D eigenvalue weighted by Crippen LogP contribution is -2.60. The fraction of sp³-hybridized carbons (Fsp3) is 0.641. The molecule has 0 bridgehead atoms. The predicted octanol–water partition coefficient (Wildman–Crippen LogP) is -1.13. The maximum atomic E-state index is 14.2. The highest BCUT2D eigenvalue weighted by molar-refractivity contribution is 5.97. The van der Waals surface area contributed by atoms with Crippen molar-refractivity contribution in [3.63, 3.8) is 0 Å². The molecule has 5 amide bonds. The largest absolute Gasteiger partial charge is 0.508 e. The molecule has 1 heterocycles. The van der Waals surface area contributed by atoms with E-state index in [4.69, 9.17) is 28.7 Å². The first-order chi connectivity index (χ1) is 27.8. The van der Waals surface area contributed by atoms with E-state index >= 15 is 0 Å². The van der Waals surface area contributed by atoms with E-state index in [0.29, 0.717) is 37.7 Å². The van der Waals surface area contributed by atoms with Crippen LogP contribution in [0.3, 0.4) is 0 Å². The zero-order valence-electron chi connectivity index (χ0n) is 34.7. The first-order valence-corrected chi connectivity index (χ1v) is 20.2. The van der Waals surface area contributed by atoms with Gasteiger partial charge in [0, 0.05) is 26.1 Å². The molecule has 1 aliphatic rings. The van der Waals surface area contributed by atoms with Crippen LogP contribution in [0.5, 0.6) is 5.75 Å². The molecule has 20 heteroatoms. The van der Waals surface area contributed by atoms with Gasteiger partial charge < -0.3 is 65.0 Å². The molecule has 7 atom stereocenters. The van der Waals surface area contributed by atoms with Crippen molar-refractivity contribution < 1.29 is 39.0 Å². The number of benzene rings is 1. The number of likely N-dealkylation sites (tertiary alicyclic amines) is 1. The minimum atomic E-state index is -1.26. The summed E-state index contributed by atoms with van der Waals surface area (Å²) in [5.41, 5.74) is 28.4. The van der Waals surface area contributed by atoms with Gasteiger partial charge in [-0.25, -0.2) is 4.79 Å². The lowest BCUT2D eigenvalue weighted by atomic mass is 9.94. The summed E-state index contributed by atoms with van der Waals surface area (Å²) in [6, 6.07) is -0.631. The number of aliphatic carboxylic acids is 1. The first-order valence-electron chi connectivity index (χ1n) is 20.2. The highest BCUT2D eigenvalue weighted by Gasteiger charge is 2.40. The number of carboxylic acid groups (broad SMARTS) is 1. The number of phenolic OH excluding ortho intramolecular Hbond substituents is 1. The predicted molar refractivity (Wildman–Crippen MR) is 223 cm³/mol. The molecule has 59 heavy (non-hydrogen) atoms. The number of phenols is 1. The number of carbonyl (C=O) groups is 6. The molecule has 20 nitrogen and oxygen atoms in total. The van der Waals surface area contributed by atoms with Crippen LogP contribution in [0.4, 0.5) is 0 Å². The van der Waals surface area contributed by atoms with Gasteiger partial charge in [0.25, 0.3) is 0 Å². The Morgan fingerprint density at radius 1 is 0.797 bits per heavy atom. The van der Waals surface area contributed by atoms with Crippen molar-refractivity contribution in [1.82, 2.24) is 26.2 Å². The van der Waals surface area contributed by atoms with Crippen molar-refractivity contribution >= 4 is 47.4 Å². The lowest BCUT2D eigenvalue weighted by Gasteiger charge is -2.31. The van der Waals surface area contributed by atoms with Crippen molar-refractivity contribution in [2.75, 3.05) is 19.6 Å². The molecule has 0 aliphatic carbocycles. The van der Waals surface area contributed by atoms with Crippen LogP contribution in [0.25, 0.3) is 0 Å². The highest BCUT2D eigenvalue weighted by Crippen LogP contribution is 2.21. The number of carbonyl (C=O) groups excluding carboxylic acids is 5. The standard InChI is InChI=1S/C39H66N12O8/c1-5-9-23(4)31(35(56)49-29(37(58)59)20-22(2)3)50-33(54)28(21-24-13-15-25(52)16-14-24)48-34(55)30-12-8-19-51(30)36(57)27(11-7-18-46-39(43)44)47-32(53)26(40)10-6-17-45-38(41)42/h13-16,22-23,26-31,52H,5-12,17-21,40H2,1-4H3,(H,47,53)(H,48,55)(H,49,56)(H,50,54)(H,58,59)(H4,41,42,45)(H4,43,44,46)/t23-,26-,27-,28-,29-,30-,31-/m0/s1. The van der Waals surface area contributed by atoms with Crippen LogP contribution in [0, 0.1) is 11.8 Å². The summed E-state index contributed by atoms with van der Waals surface area (Å²) in [5, 5.41) is 30.5. The number of nitrogens with one attached hydrogen (secondary N) is 4. The van der Waals surface area contributed by atoms with E-state index in [1.807, 2.05) is 20.8 Å². The molecule has 0 spiro atoms. The van der Waals surface area contributed by atoms with E-state index in [1.54, 1.807) is 19.1 Å². The van der Waals surface area contributed by atoms with Gasteiger partial charge in [0.15, 0.2) is 11.9 Å². The average Bonchev–Trinajstić information content (AvgIpc) is 3.66. The Hall–Kier alpha value is -5.66. The van der Waals surface area contributed by atoms with Crippen LogP contribution in [-0.2, 0) is 35.2 Å². The van der Waals surface area contributed by atoms with Gasteiger partial charge in [-0.15, -0.1) is 0 Å². The zero-order chi connectivity index (χ0) is 44.2. The van der Waals surface area contributed by atoms with Crippen LogP contribution in [0.2, 0.25) is 0 Å². The van der Waals surface area contributed by atoms with E-state index in [9.17, 15) is 39.0 Å². The Bertz CT molecular complexity index is 1610. The molecule has 0 unspecified atom stereocenters. The quantitative estimate of drug-likeness (QED) is 0.0316. The molecule has 0 aromatic heterocycles. The third kappa shape index (κ3) is 17.4. The van der Waals surface area contributed by atoms with Crippen LogP contribution < -0.4 is 49.9 Å². The SMILES string of the molecule is CCC[C@H](C)[C@H](NC(=O)[C@H](Cc1ccc(O)cc1)NC(=O)[C@@H]1CCCN1C(=O)[C@H](CCCN=C(N)N)NC(=O)[C@@H](N)CCCN=C(N)N)C(=O)N[C@@H](CC(C)C)C(=O)O. The normalized spacial score (nSPS) is 16.7. The minimum Gasteiger partial charge on any atom is -0.508 e. The molecule has 1 fully saturated rings. The summed E-state index contributed by atoms with van der Waals surface area (Å²) in [5.74, 6) is -5.02. The molecule has 2 rings (SSSR count). The molecule has 1 aromatic rings. The third-order valence-corrected chi connectivity index (χ3v) is 9.93. The Labute approximate surface area is 345 Å². The maximum Gasteiger partial charge on any atom is 0.326 e. The van der Waals surface area contributed by atoms with E-state index in [-0.39, 0.29) is 75.3 Å². The second-order valence-electron chi connectivity index (χ2n) is 15.5. The van der Waals surface area contributed by atoms with Gasteiger partial charge in [-0.3, -0.25) is 34.0 Å². The molecule has 330 valence electrons. The number of nitrogens with two attached hydrogens (primary N) is 5. The number of hydrogen-bond donors (Lipinski definition) is 11. The van der Waals surface area contributed by atoms with Gasteiger partial charge in [-0.2, -0.15) is 0 Å². The van der Waals surface area contributed by atoms with E-state index in [1.165, 1.54) is 17.0 Å². The zero-order valence-corrected chi connectivity index (χ0v) is 34.7. The fourth-order valence-corrected chi connectivity index (χ4v) is 6.83. The van der Waals surface area contributed by atoms with Crippen molar-refractivity contribution in [3.8, 4) is 5.75 Å². The summed E-state index contributed by atoms with van der Waals surface area (Å²) < 4.78 is 0. The minimum absolute atomic E-state index is 0.00903. The van der Waals surface area contributed by atoms with Crippen molar-refractivity contribution in [3.05, 3.63) is 29.8 Å². The second kappa shape index (κ2) is 25.0. The Balaban J connectivity index is 2.38. The number of carboxylic acids is 1. The van der Waals surface area contributed by atoms with E-state index in [2.05, 4.69) is 31.3 Å². The Kier molecular flexibility index (Phi) is 20.9. The van der Waals surface area contributed by atoms with Crippen LogP contribution in [0.1, 0.15) is 91.0 Å². The van der Waals surface area contributed by atoms with Crippen LogP contribution >= 0.6 is 0 Å². The smallest absolute Gasteiger partial charge is 0.326 e. The first kappa shape index (κ1) is 49.5. The van der Waals surface area contributed by atoms with Gasteiger partial charge in [0.05, 0.1) is 6.04 Å². The molecule has 1 aromatic carbocycles. The number of rotatable bonds is 25.